The van der Waals surface area contributed by atoms with E-state index in [0.29, 0.717) is 16.9 Å². The van der Waals surface area contributed by atoms with Gasteiger partial charge in [-0.2, -0.15) is 0 Å². The highest BCUT2D eigenvalue weighted by atomic mass is 16.6. The lowest BCUT2D eigenvalue weighted by Crippen LogP contribution is -2.00. The standard InChI is InChI=1S/C15H16N2O4/c1-9-7-10(2)14(8-13(9)17(19)20)21-15-12(11(3)18)5-4-6-16-15/h4-8,11,18H,1-3H3. The highest BCUT2D eigenvalue weighted by Gasteiger charge is 2.17. The van der Waals surface area contributed by atoms with Gasteiger partial charge in [0.2, 0.25) is 5.88 Å². The van der Waals surface area contributed by atoms with Gasteiger partial charge >= 0.3 is 0 Å². The quantitative estimate of drug-likeness (QED) is 0.688. The number of aromatic nitrogens is 1. The van der Waals surface area contributed by atoms with Gasteiger partial charge in [0.1, 0.15) is 5.75 Å². The van der Waals surface area contributed by atoms with Crippen LogP contribution in [0.25, 0.3) is 0 Å². The predicted octanol–water partition coefficient (Wildman–Crippen LogP) is 3.45. The molecule has 0 aliphatic carbocycles. The van der Waals surface area contributed by atoms with Gasteiger partial charge in [0, 0.05) is 17.3 Å². The van der Waals surface area contributed by atoms with Crippen LogP contribution < -0.4 is 4.74 Å². The van der Waals surface area contributed by atoms with Crippen LogP contribution in [0.5, 0.6) is 11.6 Å². The van der Waals surface area contributed by atoms with Gasteiger partial charge in [-0.1, -0.05) is 0 Å². The Balaban J connectivity index is 2.45. The van der Waals surface area contributed by atoms with Crippen LogP contribution in [0.3, 0.4) is 0 Å². The summed E-state index contributed by atoms with van der Waals surface area (Å²) in [5.41, 5.74) is 1.85. The lowest BCUT2D eigenvalue weighted by Gasteiger charge is -2.13. The van der Waals surface area contributed by atoms with Crippen molar-refractivity contribution in [2.24, 2.45) is 0 Å². The Bertz CT molecular complexity index is 683. The van der Waals surface area contributed by atoms with Crippen LogP contribution in [0.4, 0.5) is 5.69 Å². The minimum absolute atomic E-state index is 0.00914. The van der Waals surface area contributed by atoms with Crippen LogP contribution in [-0.2, 0) is 0 Å². The monoisotopic (exact) mass is 288 g/mol. The summed E-state index contributed by atoms with van der Waals surface area (Å²) in [4.78, 5) is 14.6. The highest BCUT2D eigenvalue weighted by molar-refractivity contribution is 5.51. The normalized spacial score (nSPS) is 12.0. The van der Waals surface area contributed by atoms with Gasteiger partial charge in [-0.3, -0.25) is 10.1 Å². The van der Waals surface area contributed by atoms with Gasteiger partial charge in [-0.05, 0) is 44.5 Å². The number of aliphatic hydroxyl groups is 1. The molecule has 1 heterocycles. The average molecular weight is 288 g/mol. The third kappa shape index (κ3) is 3.17. The second kappa shape index (κ2) is 5.88. The number of aliphatic hydroxyl groups excluding tert-OH is 1. The van der Waals surface area contributed by atoms with Gasteiger partial charge < -0.3 is 9.84 Å². The molecule has 21 heavy (non-hydrogen) atoms. The second-order valence-electron chi connectivity index (χ2n) is 4.84. The van der Waals surface area contributed by atoms with Crippen molar-refractivity contribution in [2.75, 3.05) is 0 Å². The number of hydrogen-bond donors (Lipinski definition) is 1. The van der Waals surface area contributed by atoms with Crippen molar-refractivity contribution in [1.29, 1.82) is 0 Å². The maximum absolute atomic E-state index is 11.0. The lowest BCUT2D eigenvalue weighted by atomic mass is 10.1. The Kier molecular flexibility index (Phi) is 4.18. The maximum atomic E-state index is 11.0. The average Bonchev–Trinajstić information content (AvgIpc) is 2.41. The van der Waals surface area contributed by atoms with Crippen molar-refractivity contribution < 1.29 is 14.8 Å². The van der Waals surface area contributed by atoms with Crippen molar-refractivity contribution in [3.05, 3.63) is 57.3 Å². The van der Waals surface area contributed by atoms with E-state index in [-0.39, 0.29) is 11.6 Å². The number of hydrogen-bond acceptors (Lipinski definition) is 5. The Morgan fingerprint density at radius 2 is 2.05 bits per heavy atom. The predicted molar refractivity (Wildman–Crippen MR) is 77.5 cm³/mol. The van der Waals surface area contributed by atoms with E-state index in [4.69, 9.17) is 4.74 Å². The summed E-state index contributed by atoms with van der Waals surface area (Å²) in [7, 11) is 0. The van der Waals surface area contributed by atoms with E-state index in [9.17, 15) is 15.2 Å². The lowest BCUT2D eigenvalue weighted by molar-refractivity contribution is -0.385. The SMILES string of the molecule is Cc1cc(C)c([N+](=O)[O-])cc1Oc1ncccc1C(C)O. The van der Waals surface area contributed by atoms with Crippen LogP contribution in [0.1, 0.15) is 29.7 Å². The largest absolute Gasteiger partial charge is 0.438 e. The molecular weight excluding hydrogens is 272 g/mol. The molecule has 0 bridgehead atoms. The number of pyridine rings is 1. The van der Waals surface area contributed by atoms with Crippen molar-refractivity contribution >= 4 is 5.69 Å². The molecule has 110 valence electrons. The molecule has 2 aromatic rings. The fourth-order valence-electron chi connectivity index (χ4n) is 2.04. The Morgan fingerprint density at radius 3 is 2.67 bits per heavy atom. The van der Waals surface area contributed by atoms with E-state index >= 15 is 0 Å². The van der Waals surface area contributed by atoms with Gasteiger partial charge in [-0.25, -0.2) is 4.98 Å². The Hall–Kier alpha value is -2.47. The second-order valence-corrected chi connectivity index (χ2v) is 4.84. The molecule has 1 unspecified atom stereocenters. The molecule has 1 atom stereocenters. The maximum Gasteiger partial charge on any atom is 0.276 e. The summed E-state index contributed by atoms with van der Waals surface area (Å²) < 4.78 is 5.67. The molecule has 0 radical (unpaired) electrons. The Morgan fingerprint density at radius 1 is 1.33 bits per heavy atom. The number of nitro groups is 1. The minimum atomic E-state index is -0.741. The van der Waals surface area contributed by atoms with Gasteiger partial charge in [0.15, 0.2) is 0 Å². The molecule has 0 saturated carbocycles. The summed E-state index contributed by atoms with van der Waals surface area (Å²) >= 11 is 0. The van der Waals surface area contributed by atoms with Gasteiger partial charge in [-0.15, -0.1) is 0 Å². The minimum Gasteiger partial charge on any atom is -0.438 e. The number of nitro benzene ring substituents is 1. The molecule has 1 N–H and O–H groups in total. The van der Waals surface area contributed by atoms with Gasteiger partial charge in [0.05, 0.1) is 17.1 Å². The zero-order valence-electron chi connectivity index (χ0n) is 12.0. The summed E-state index contributed by atoms with van der Waals surface area (Å²) in [5.74, 6) is 0.599. The first-order valence-corrected chi connectivity index (χ1v) is 6.46. The Labute approximate surface area is 122 Å². The zero-order chi connectivity index (χ0) is 15.6. The topological polar surface area (TPSA) is 85.5 Å². The third-order valence-corrected chi connectivity index (χ3v) is 3.15. The summed E-state index contributed by atoms with van der Waals surface area (Å²) in [5, 5.41) is 20.7. The van der Waals surface area contributed by atoms with Crippen LogP contribution in [0.2, 0.25) is 0 Å². The van der Waals surface area contributed by atoms with Crippen molar-refractivity contribution in [1.82, 2.24) is 4.98 Å². The van der Waals surface area contributed by atoms with Crippen molar-refractivity contribution in [3.8, 4) is 11.6 Å². The first-order valence-electron chi connectivity index (χ1n) is 6.46. The summed E-state index contributed by atoms with van der Waals surface area (Å²) in [6.07, 6.45) is 0.800. The first kappa shape index (κ1) is 14.9. The molecule has 0 fully saturated rings. The van der Waals surface area contributed by atoms with E-state index < -0.39 is 11.0 Å². The van der Waals surface area contributed by atoms with E-state index in [2.05, 4.69) is 4.98 Å². The molecular formula is C15H16N2O4. The molecule has 0 aliphatic heterocycles. The molecule has 2 rings (SSSR count). The molecule has 0 saturated heterocycles. The van der Waals surface area contributed by atoms with E-state index in [1.807, 2.05) is 0 Å². The van der Waals surface area contributed by atoms with E-state index in [1.54, 1.807) is 45.2 Å². The highest BCUT2D eigenvalue weighted by Crippen LogP contribution is 2.33. The number of ether oxygens (including phenoxy) is 1. The molecule has 0 aliphatic rings. The molecule has 1 aromatic carbocycles. The van der Waals surface area contributed by atoms with E-state index in [1.165, 1.54) is 6.07 Å². The summed E-state index contributed by atoms with van der Waals surface area (Å²) in [6.45, 7) is 5.09. The smallest absolute Gasteiger partial charge is 0.276 e. The van der Waals surface area contributed by atoms with Crippen molar-refractivity contribution in [2.45, 2.75) is 26.9 Å². The van der Waals surface area contributed by atoms with Crippen LogP contribution in [-0.4, -0.2) is 15.0 Å². The zero-order valence-corrected chi connectivity index (χ0v) is 12.0. The molecule has 1 aromatic heterocycles. The van der Waals surface area contributed by atoms with Crippen LogP contribution in [0.15, 0.2) is 30.5 Å². The number of aryl methyl sites for hydroxylation is 2. The van der Waals surface area contributed by atoms with E-state index in [0.717, 1.165) is 5.56 Å². The first-order chi connectivity index (χ1) is 9.90. The molecule has 0 spiro atoms. The van der Waals surface area contributed by atoms with Crippen LogP contribution >= 0.6 is 0 Å². The number of benzene rings is 1. The fourth-order valence-corrected chi connectivity index (χ4v) is 2.04. The molecule has 6 nitrogen and oxygen atoms in total. The van der Waals surface area contributed by atoms with Crippen molar-refractivity contribution in [3.63, 3.8) is 0 Å². The molecule has 0 amide bonds. The van der Waals surface area contributed by atoms with Crippen LogP contribution in [0, 0.1) is 24.0 Å². The summed E-state index contributed by atoms with van der Waals surface area (Å²) in [6, 6.07) is 6.47. The number of nitrogens with zero attached hydrogens (tertiary/aromatic N) is 2. The molecule has 6 heteroatoms. The number of rotatable bonds is 4. The fraction of sp³-hybridized carbons (Fsp3) is 0.267. The van der Waals surface area contributed by atoms with Gasteiger partial charge in [0.25, 0.3) is 5.69 Å². The third-order valence-electron chi connectivity index (χ3n) is 3.15.